The Morgan fingerprint density at radius 1 is 1.03 bits per heavy atom. The molecule has 3 aromatic rings. The summed E-state index contributed by atoms with van der Waals surface area (Å²) >= 11 is 0. The predicted molar refractivity (Wildman–Crippen MR) is 151 cm³/mol. The Hall–Kier alpha value is -4.27. The SMILES string of the molecule is CCCN(CCC)C(=O)C1=Cc2ccc(-c3ccc4c(=O)n(CC(=O)N(C)C)cnc4c3)cc2N=C(N)C1. The van der Waals surface area contributed by atoms with Gasteiger partial charge in [-0.2, -0.15) is 0 Å². The smallest absolute Gasteiger partial charge is 0.261 e. The average Bonchev–Trinajstić information content (AvgIpc) is 3.06. The zero-order chi connectivity index (χ0) is 27.4. The van der Waals surface area contributed by atoms with Crippen LogP contribution in [0.4, 0.5) is 5.69 Å². The van der Waals surface area contributed by atoms with E-state index >= 15 is 0 Å². The van der Waals surface area contributed by atoms with Gasteiger partial charge < -0.3 is 15.5 Å². The molecule has 1 aromatic heterocycles. The van der Waals surface area contributed by atoms with Crippen molar-refractivity contribution in [2.75, 3.05) is 27.2 Å². The van der Waals surface area contributed by atoms with E-state index in [1.807, 2.05) is 41.3 Å². The summed E-state index contributed by atoms with van der Waals surface area (Å²) in [5.41, 5.74) is 10.4. The molecule has 2 aromatic carbocycles. The van der Waals surface area contributed by atoms with Crippen molar-refractivity contribution in [2.45, 2.75) is 39.7 Å². The van der Waals surface area contributed by atoms with E-state index in [2.05, 4.69) is 23.8 Å². The third kappa shape index (κ3) is 5.66. The second-order valence-corrected chi connectivity index (χ2v) is 9.71. The number of likely N-dealkylation sites (N-methyl/N-ethyl adjacent to an activating group) is 1. The van der Waals surface area contributed by atoms with Crippen molar-refractivity contribution < 1.29 is 9.59 Å². The maximum absolute atomic E-state index is 13.2. The van der Waals surface area contributed by atoms with Gasteiger partial charge in [-0.1, -0.05) is 32.0 Å². The number of carbonyl (C=O) groups is 2. The molecule has 0 saturated carbocycles. The second-order valence-electron chi connectivity index (χ2n) is 9.71. The highest BCUT2D eigenvalue weighted by Crippen LogP contribution is 2.32. The molecule has 9 nitrogen and oxygen atoms in total. The molecule has 1 aliphatic heterocycles. The zero-order valence-electron chi connectivity index (χ0n) is 22.4. The van der Waals surface area contributed by atoms with Gasteiger partial charge >= 0.3 is 0 Å². The monoisotopic (exact) mass is 514 g/mol. The third-order valence-electron chi connectivity index (χ3n) is 6.51. The summed E-state index contributed by atoms with van der Waals surface area (Å²) in [6, 6.07) is 11.3. The Morgan fingerprint density at radius 3 is 2.39 bits per heavy atom. The molecule has 0 unspecified atom stereocenters. The van der Waals surface area contributed by atoms with Crippen LogP contribution in [0.3, 0.4) is 0 Å². The van der Waals surface area contributed by atoms with Crippen LogP contribution in [-0.4, -0.2) is 64.2 Å². The number of aliphatic imine (C=N–C) groups is 1. The standard InChI is InChI=1S/C29H34N6O3/c1-5-11-34(12-6-2)28(37)22-13-21-8-7-19(14-24(21)32-26(30)16-22)20-9-10-23-25(15-20)31-18-35(29(23)38)17-27(36)33(3)4/h7-10,13-15,18H,5-6,11-12,16-17H2,1-4H3,(H2,30,32). The van der Waals surface area contributed by atoms with E-state index in [1.54, 1.807) is 20.2 Å². The summed E-state index contributed by atoms with van der Waals surface area (Å²) in [4.78, 5) is 50.5. The van der Waals surface area contributed by atoms with Gasteiger partial charge in [-0.25, -0.2) is 9.98 Å². The largest absolute Gasteiger partial charge is 0.387 e. The molecule has 0 saturated heterocycles. The van der Waals surface area contributed by atoms with Crippen LogP contribution in [0.1, 0.15) is 38.7 Å². The fourth-order valence-electron chi connectivity index (χ4n) is 4.50. The van der Waals surface area contributed by atoms with Crippen molar-refractivity contribution in [1.82, 2.24) is 19.4 Å². The summed E-state index contributed by atoms with van der Waals surface area (Å²) in [6.07, 6.45) is 5.38. The molecule has 0 aliphatic carbocycles. The molecule has 2 amide bonds. The molecule has 0 radical (unpaired) electrons. The van der Waals surface area contributed by atoms with Gasteiger partial charge in [-0.05, 0) is 48.2 Å². The first kappa shape index (κ1) is 26.8. The molecule has 38 heavy (non-hydrogen) atoms. The van der Waals surface area contributed by atoms with Gasteiger partial charge in [0, 0.05) is 44.7 Å². The Balaban J connectivity index is 1.67. The molecule has 0 atom stereocenters. The Kier molecular flexibility index (Phi) is 8.05. The van der Waals surface area contributed by atoms with E-state index in [-0.39, 0.29) is 23.9 Å². The van der Waals surface area contributed by atoms with Crippen molar-refractivity contribution in [1.29, 1.82) is 0 Å². The number of benzene rings is 2. The lowest BCUT2D eigenvalue weighted by molar-refractivity contribution is -0.129. The lowest BCUT2D eigenvalue weighted by Crippen LogP contribution is -2.34. The molecular weight excluding hydrogens is 480 g/mol. The summed E-state index contributed by atoms with van der Waals surface area (Å²) in [5.74, 6) is 0.209. The summed E-state index contributed by atoms with van der Waals surface area (Å²) in [6.45, 7) is 5.48. The number of nitrogens with zero attached hydrogens (tertiary/aromatic N) is 5. The number of carbonyl (C=O) groups excluding carboxylic acids is 2. The number of hydrogen-bond donors (Lipinski definition) is 1. The highest BCUT2D eigenvalue weighted by Gasteiger charge is 2.21. The second kappa shape index (κ2) is 11.4. The van der Waals surface area contributed by atoms with Crippen LogP contribution in [0.25, 0.3) is 28.1 Å². The molecule has 2 N–H and O–H groups in total. The number of amides is 2. The molecule has 9 heteroatoms. The number of fused-ring (bicyclic) bond motifs is 2. The van der Waals surface area contributed by atoms with E-state index in [1.165, 1.54) is 15.8 Å². The minimum atomic E-state index is -0.265. The molecule has 0 bridgehead atoms. The van der Waals surface area contributed by atoms with Crippen molar-refractivity contribution >= 4 is 40.3 Å². The van der Waals surface area contributed by atoms with E-state index in [0.29, 0.717) is 47.5 Å². The van der Waals surface area contributed by atoms with Crippen molar-refractivity contribution in [3.05, 3.63) is 64.2 Å². The van der Waals surface area contributed by atoms with Crippen LogP contribution < -0.4 is 11.3 Å². The Morgan fingerprint density at radius 2 is 1.71 bits per heavy atom. The van der Waals surface area contributed by atoms with Crippen LogP contribution in [-0.2, 0) is 16.1 Å². The van der Waals surface area contributed by atoms with Crippen LogP contribution in [0.2, 0.25) is 0 Å². The number of aromatic nitrogens is 2. The lowest BCUT2D eigenvalue weighted by atomic mass is 10.00. The minimum absolute atomic E-state index is 0.00215. The van der Waals surface area contributed by atoms with E-state index in [9.17, 15) is 14.4 Å². The van der Waals surface area contributed by atoms with Gasteiger partial charge in [-0.15, -0.1) is 0 Å². The molecule has 1 aliphatic rings. The zero-order valence-corrected chi connectivity index (χ0v) is 22.4. The minimum Gasteiger partial charge on any atom is -0.387 e. The Labute approximate surface area is 222 Å². The van der Waals surface area contributed by atoms with Crippen LogP contribution in [0.5, 0.6) is 0 Å². The molecular formula is C29H34N6O3. The lowest BCUT2D eigenvalue weighted by Gasteiger charge is -2.22. The first-order chi connectivity index (χ1) is 18.2. The molecule has 2 heterocycles. The van der Waals surface area contributed by atoms with E-state index in [0.717, 1.165) is 29.5 Å². The third-order valence-corrected chi connectivity index (χ3v) is 6.51. The maximum Gasteiger partial charge on any atom is 0.261 e. The highest BCUT2D eigenvalue weighted by atomic mass is 16.2. The highest BCUT2D eigenvalue weighted by molar-refractivity contribution is 6.05. The first-order valence-corrected chi connectivity index (χ1v) is 12.9. The predicted octanol–water partition coefficient (Wildman–Crippen LogP) is 3.58. The number of rotatable bonds is 8. The van der Waals surface area contributed by atoms with Gasteiger partial charge in [0.05, 0.1) is 22.9 Å². The van der Waals surface area contributed by atoms with Crippen molar-refractivity contribution in [3.63, 3.8) is 0 Å². The fourth-order valence-corrected chi connectivity index (χ4v) is 4.50. The number of hydrogen-bond acceptors (Lipinski definition) is 6. The topological polar surface area (TPSA) is 114 Å². The molecule has 0 fully saturated rings. The van der Waals surface area contributed by atoms with Crippen LogP contribution >= 0.6 is 0 Å². The molecule has 198 valence electrons. The Bertz CT molecular complexity index is 1500. The quantitative estimate of drug-likeness (QED) is 0.494. The van der Waals surface area contributed by atoms with Gasteiger partial charge in [0.15, 0.2) is 0 Å². The van der Waals surface area contributed by atoms with Gasteiger partial charge in [0.25, 0.3) is 5.56 Å². The maximum atomic E-state index is 13.2. The molecule has 0 spiro atoms. The van der Waals surface area contributed by atoms with Gasteiger partial charge in [0.2, 0.25) is 11.8 Å². The average molecular weight is 515 g/mol. The van der Waals surface area contributed by atoms with Gasteiger partial charge in [0.1, 0.15) is 12.4 Å². The van der Waals surface area contributed by atoms with Crippen LogP contribution in [0, 0.1) is 0 Å². The number of amidine groups is 1. The van der Waals surface area contributed by atoms with E-state index in [4.69, 9.17) is 5.73 Å². The summed E-state index contributed by atoms with van der Waals surface area (Å²) in [5, 5.41) is 0.439. The van der Waals surface area contributed by atoms with Crippen molar-refractivity contribution in [2.24, 2.45) is 10.7 Å². The number of nitrogens with two attached hydrogens (primary N) is 1. The van der Waals surface area contributed by atoms with Crippen molar-refractivity contribution in [3.8, 4) is 11.1 Å². The first-order valence-electron chi connectivity index (χ1n) is 12.9. The van der Waals surface area contributed by atoms with Crippen LogP contribution in [0.15, 0.2) is 58.1 Å². The van der Waals surface area contributed by atoms with E-state index < -0.39 is 0 Å². The molecule has 4 rings (SSSR count). The fraction of sp³-hybridized carbons (Fsp3) is 0.345. The summed E-state index contributed by atoms with van der Waals surface area (Å²) in [7, 11) is 3.29. The summed E-state index contributed by atoms with van der Waals surface area (Å²) < 4.78 is 1.32. The normalized spacial score (nSPS) is 12.8. The van der Waals surface area contributed by atoms with Gasteiger partial charge in [-0.3, -0.25) is 19.0 Å².